The summed E-state index contributed by atoms with van der Waals surface area (Å²) >= 11 is 4.07. The number of anilines is 1. The van der Waals surface area contributed by atoms with Crippen molar-refractivity contribution >= 4 is 62.7 Å². The standard InChI is InChI=1S/C11H11I2NO3/c1-2-3-9(15)14-10-7(11(16)17)4-6(12)5-8(10)13/h4-5H,2-3H2,1H3,(H,14,15)(H,16,17). The first-order valence-corrected chi connectivity index (χ1v) is 7.13. The van der Waals surface area contributed by atoms with Crippen LogP contribution in [0.4, 0.5) is 5.69 Å². The predicted molar refractivity (Wildman–Crippen MR) is 82.4 cm³/mol. The Bertz CT molecular complexity index is 460. The summed E-state index contributed by atoms with van der Waals surface area (Å²) in [5.74, 6) is -1.19. The van der Waals surface area contributed by atoms with Crippen LogP contribution in [0, 0.1) is 7.14 Å². The van der Waals surface area contributed by atoms with Gasteiger partial charge in [-0.2, -0.15) is 0 Å². The second kappa shape index (κ2) is 6.53. The lowest BCUT2D eigenvalue weighted by Crippen LogP contribution is -2.15. The number of carbonyl (C=O) groups is 2. The van der Waals surface area contributed by atoms with Crippen molar-refractivity contribution in [2.24, 2.45) is 0 Å². The molecule has 0 unspecified atom stereocenters. The van der Waals surface area contributed by atoms with Gasteiger partial charge in [-0.05, 0) is 63.7 Å². The van der Waals surface area contributed by atoms with Gasteiger partial charge in [0.2, 0.25) is 5.91 Å². The number of benzene rings is 1. The van der Waals surface area contributed by atoms with Crippen molar-refractivity contribution in [3.05, 3.63) is 24.8 Å². The van der Waals surface area contributed by atoms with Gasteiger partial charge in [0.05, 0.1) is 11.3 Å². The van der Waals surface area contributed by atoms with Crippen molar-refractivity contribution in [2.45, 2.75) is 19.8 Å². The third-order valence-corrected chi connectivity index (χ3v) is 3.50. The van der Waals surface area contributed by atoms with Crippen LogP contribution in [0.15, 0.2) is 12.1 Å². The quantitative estimate of drug-likeness (QED) is 0.680. The van der Waals surface area contributed by atoms with E-state index in [9.17, 15) is 9.59 Å². The van der Waals surface area contributed by atoms with Gasteiger partial charge in [0.15, 0.2) is 0 Å². The summed E-state index contributed by atoms with van der Waals surface area (Å²) < 4.78 is 1.56. The lowest BCUT2D eigenvalue weighted by molar-refractivity contribution is -0.116. The average molecular weight is 459 g/mol. The molecular weight excluding hydrogens is 448 g/mol. The van der Waals surface area contributed by atoms with Crippen molar-refractivity contribution in [1.82, 2.24) is 0 Å². The number of carboxylic acids is 1. The molecule has 0 aromatic heterocycles. The predicted octanol–water partition coefficient (Wildman–Crippen LogP) is 3.33. The molecule has 0 atom stereocenters. The van der Waals surface area contributed by atoms with Gasteiger partial charge in [-0.25, -0.2) is 4.79 Å². The van der Waals surface area contributed by atoms with Crippen molar-refractivity contribution in [1.29, 1.82) is 0 Å². The summed E-state index contributed by atoms with van der Waals surface area (Å²) in [4.78, 5) is 22.6. The van der Waals surface area contributed by atoms with Crippen molar-refractivity contribution in [3.8, 4) is 0 Å². The highest BCUT2D eigenvalue weighted by Crippen LogP contribution is 2.26. The minimum Gasteiger partial charge on any atom is -0.478 e. The van der Waals surface area contributed by atoms with E-state index in [1.54, 1.807) is 6.07 Å². The first-order valence-electron chi connectivity index (χ1n) is 4.98. The molecule has 0 saturated heterocycles. The second-order valence-electron chi connectivity index (χ2n) is 3.41. The first kappa shape index (κ1) is 14.7. The zero-order valence-electron chi connectivity index (χ0n) is 9.09. The van der Waals surface area contributed by atoms with Crippen molar-refractivity contribution < 1.29 is 14.7 Å². The van der Waals surface area contributed by atoms with E-state index in [1.165, 1.54) is 0 Å². The molecule has 0 radical (unpaired) electrons. The van der Waals surface area contributed by atoms with Gasteiger partial charge in [-0.15, -0.1) is 0 Å². The zero-order chi connectivity index (χ0) is 13.0. The Hall–Kier alpha value is -0.380. The normalized spacial score (nSPS) is 10.1. The molecule has 1 aromatic carbocycles. The SMILES string of the molecule is CCCC(=O)Nc1c(I)cc(I)cc1C(=O)O. The average Bonchev–Trinajstić information content (AvgIpc) is 2.21. The Morgan fingerprint density at radius 2 is 2.00 bits per heavy atom. The fourth-order valence-electron chi connectivity index (χ4n) is 1.30. The van der Waals surface area contributed by atoms with Gasteiger partial charge >= 0.3 is 5.97 Å². The number of hydrogen-bond donors (Lipinski definition) is 2. The van der Waals surface area contributed by atoms with Gasteiger partial charge in [-0.3, -0.25) is 4.79 Å². The van der Waals surface area contributed by atoms with E-state index in [4.69, 9.17) is 5.11 Å². The Morgan fingerprint density at radius 1 is 1.35 bits per heavy atom. The summed E-state index contributed by atoms with van der Waals surface area (Å²) in [6, 6.07) is 3.38. The molecule has 2 N–H and O–H groups in total. The van der Waals surface area contributed by atoms with Gasteiger partial charge in [0.1, 0.15) is 0 Å². The largest absolute Gasteiger partial charge is 0.478 e. The molecule has 92 valence electrons. The monoisotopic (exact) mass is 459 g/mol. The van der Waals surface area contributed by atoms with Crippen molar-refractivity contribution in [3.63, 3.8) is 0 Å². The van der Waals surface area contributed by atoms with E-state index in [-0.39, 0.29) is 11.5 Å². The second-order valence-corrected chi connectivity index (χ2v) is 5.82. The van der Waals surface area contributed by atoms with Crippen LogP contribution in [0.2, 0.25) is 0 Å². The molecule has 0 saturated carbocycles. The molecule has 0 heterocycles. The van der Waals surface area contributed by atoms with Gasteiger partial charge in [-0.1, -0.05) is 6.92 Å². The van der Waals surface area contributed by atoms with E-state index in [2.05, 4.69) is 27.9 Å². The number of carboxylic acid groups (broad SMARTS) is 1. The summed E-state index contributed by atoms with van der Waals surface area (Å²) in [6.07, 6.45) is 1.12. The number of amides is 1. The van der Waals surface area contributed by atoms with Gasteiger partial charge < -0.3 is 10.4 Å². The minimum absolute atomic E-state index is 0.130. The maximum Gasteiger partial charge on any atom is 0.337 e. The molecule has 0 aliphatic heterocycles. The van der Waals surface area contributed by atoms with E-state index in [0.717, 1.165) is 13.6 Å². The molecule has 1 aromatic rings. The summed E-state index contributed by atoms with van der Waals surface area (Å²) in [5, 5.41) is 11.8. The molecule has 0 aliphatic carbocycles. The number of aromatic carboxylic acids is 1. The van der Waals surface area contributed by atoms with Crippen LogP contribution >= 0.6 is 45.2 Å². The highest BCUT2D eigenvalue weighted by Gasteiger charge is 2.16. The van der Waals surface area contributed by atoms with E-state index >= 15 is 0 Å². The van der Waals surface area contributed by atoms with Crippen LogP contribution in [-0.2, 0) is 4.79 Å². The van der Waals surface area contributed by atoms with E-state index < -0.39 is 5.97 Å². The molecule has 0 bridgehead atoms. The number of rotatable bonds is 4. The van der Waals surface area contributed by atoms with Crippen LogP contribution in [-0.4, -0.2) is 17.0 Å². The molecule has 0 fully saturated rings. The molecule has 1 rings (SSSR count). The van der Waals surface area contributed by atoms with Gasteiger partial charge in [0.25, 0.3) is 0 Å². The summed E-state index contributed by atoms with van der Waals surface area (Å²) in [7, 11) is 0. The number of hydrogen-bond acceptors (Lipinski definition) is 2. The maximum atomic E-state index is 11.5. The maximum absolute atomic E-state index is 11.5. The fraction of sp³-hybridized carbons (Fsp3) is 0.273. The summed E-state index contributed by atoms with van der Waals surface area (Å²) in [6.45, 7) is 1.90. The fourth-order valence-corrected chi connectivity index (χ4v) is 3.28. The molecule has 6 heteroatoms. The third kappa shape index (κ3) is 4.09. The van der Waals surface area contributed by atoms with Crippen LogP contribution in [0.3, 0.4) is 0 Å². The van der Waals surface area contributed by atoms with Crippen LogP contribution in [0.1, 0.15) is 30.1 Å². The highest BCUT2D eigenvalue weighted by atomic mass is 127. The Balaban J connectivity index is 3.12. The molecule has 0 aliphatic rings. The minimum atomic E-state index is -1.03. The Morgan fingerprint density at radius 3 is 2.53 bits per heavy atom. The van der Waals surface area contributed by atoms with E-state index in [0.29, 0.717) is 12.1 Å². The molecule has 4 nitrogen and oxygen atoms in total. The summed E-state index contributed by atoms with van der Waals surface area (Å²) in [5.41, 5.74) is 0.516. The smallest absolute Gasteiger partial charge is 0.337 e. The molecule has 1 amide bonds. The van der Waals surface area contributed by atoms with E-state index in [1.807, 2.05) is 35.6 Å². The lowest BCUT2D eigenvalue weighted by atomic mass is 10.1. The Kier molecular flexibility index (Phi) is 5.63. The number of nitrogens with one attached hydrogen (secondary N) is 1. The third-order valence-electron chi connectivity index (χ3n) is 2.03. The lowest BCUT2D eigenvalue weighted by Gasteiger charge is -2.11. The highest BCUT2D eigenvalue weighted by molar-refractivity contribution is 14.1. The van der Waals surface area contributed by atoms with Crippen molar-refractivity contribution in [2.75, 3.05) is 5.32 Å². The molecule has 0 spiro atoms. The topological polar surface area (TPSA) is 66.4 Å². The molecule has 17 heavy (non-hydrogen) atoms. The zero-order valence-corrected chi connectivity index (χ0v) is 13.4. The first-order chi connectivity index (χ1) is 7.95. The number of carbonyl (C=O) groups excluding carboxylic acids is 1. The van der Waals surface area contributed by atoms with Crippen LogP contribution in [0.25, 0.3) is 0 Å². The van der Waals surface area contributed by atoms with Gasteiger partial charge in [0, 0.05) is 13.6 Å². The molecular formula is C11H11I2NO3. The Labute approximate surface area is 126 Å². The van der Waals surface area contributed by atoms with Crippen LogP contribution < -0.4 is 5.32 Å². The van der Waals surface area contributed by atoms with Crippen LogP contribution in [0.5, 0.6) is 0 Å². The number of halogens is 2.